The Balaban J connectivity index is 1.85. The Morgan fingerprint density at radius 2 is 2.00 bits per heavy atom. The number of aromatic nitrogens is 2. The highest BCUT2D eigenvalue weighted by Crippen LogP contribution is 2.06. The maximum atomic E-state index is 11.2. The van der Waals surface area contributed by atoms with Crippen LogP contribution in [0.3, 0.4) is 0 Å². The van der Waals surface area contributed by atoms with Crippen molar-refractivity contribution in [3.63, 3.8) is 0 Å². The van der Waals surface area contributed by atoms with Crippen LogP contribution in [-0.4, -0.2) is 23.3 Å². The van der Waals surface area contributed by atoms with Gasteiger partial charge in [0.15, 0.2) is 0 Å². The van der Waals surface area contributed by atoms with Crippen LogP contribution in [0.15, 0.2) is 36.7 Å². The first kappa shape index (κ1) is 12.3. The normalized spacial score (nSPS) is 10.3. The first-order valence-corrected chi connectivity index (χ1v) is 5.65. The Hall–Kier alpha value is -2.14. The number of carbonyl (C=O) groups excluding carboxylic acids is 1. The van der Waals surface area contributed by atoms with Crippen molar-refractivity contribution in [2.45, 2.75) is 13.1 Å². The molecular formula is C13H15N3O2. The fraction of sp³-hybridized carbons (Fsp3) is 0.231. The zero-order valence-electron chi connectivity index (χ0n) is 10.1. The van der Waals surface area contributed by atoms with Crippen LogP contribution in [0.4, 0.5) is 0 Å². The van der Waals surface area contributed by atoms with Gasteiger partial charge in [-0.3, -0.25) is 5.10 Å². The lowest BCUT2D eigenvalue weighted by Gasteiger charge is -2.04. The summed E-state index contributed by atoms with van der Waals surface area (Å²) < 4.78 is 4.64. The van der Waals surface area contributed by atoms with Crippen LogP contribution in [0.25, 0.3) is 0 Å². The third-order valence-electron chi connectivity index (χ3n) is 2.59. The molecule has 5 heteroatoms. The lowest BCUT2D eigenvalue weighted by atomic mass is 10.1. The number of ether oxygens (including phenoxy) is 1. The predicted octanol–water partition coefficient (Wildman–Crippen LogP) is 1.49. The van der Waals surface area contributed by atoms with Gasteiger partial charge < -0.3 is 10.1 Å². The Morgan fingerprint density at radius 1 is 1.28 bits per heavy atom. The Bertz CT molecular complexity index is 491. The lowest BCUT2D eigenvalue weighted by Crippen LogP contribution is -2.12. The standard InChI is InChI=1S/C13H15N3O2/c1-18-13(17)12-4-2-10(3-5-12)6-14-7-11-8-15-16-9-11/h2-5,8-9,14H,6-7H2,1H3,(H,15,16). The van der Waals surface area contributed by atoms with Gasteiger partial charge in [-0.15, -0.1) is 0 Å². The summed E-state index contributed by atoms with van der Waals surface area (Å²) in [5.41, 5.74) is 2.79. The summed E-state index contributed by atoms with van der Waals surface area (Å²) in [6.07, 6.45) is 3.64. The number of nitrogens with zero attached hydrogens (tertiary/aromatic N) is 1. The summed E-state index contributed by atoms with van der Waals surface area (Å²) in [7, 11) is 1.38. The minimum Gasteiger partial charge on any atom is -0.465 e. The second-order valence-electron chi connectivity index (χ2n) is 3.90. The van der Waals surface area contributed by atoms with Gasteiger partial charge in [0, 0.05) is 24.8 Å². The molecule has 94 valence electrons. The highest BCUT2D eigenvalue weighted by molar-refractivity contribution is 5.89. The van der Waals surface area contributed by atoms with E-state index < -0.39 is 0 Å². The van der Waals surface area contributed by atoms with Gasteiger partial charge in [-0.25, -0.2) is 4.79 Å². The molecule has 0 saturated heterocycles. The molecule has 0 atom stereocenters. The summed E-state index contributed by atoms with van der Waals surface area (Å²) in [6.45, 7) is 1.50. The van der Waals surface area contributed by atoms with E-state index in [-0.39, 0.29) is 5.97 Å². The van der Waals surface area contributed by atoms with Gasteiger partial charge in [-0.2, -0.15) is 5.10 Å². The number of esters is 1. The number of hydrogen-bond donors (Lipinski definition) is 2. The Morgan fingerprint density at radius 3 is 2.61 bits per heavy atom. The van der Waals surface area contributed by atoms with E-state index in [4.69, 9.17) is 0 Å². The van der Waals surface area contributed by atoms with Gasteiger partial charge in [0.25, 0.3) is 0 Å². The Kier molecular flexibility index (Phi) is 4.09. The monoisotopic (exact) mass is 245 g/mol. The minimum atomic E-state index is -0.312. The zero-order valence-corrected chi connectivity index (χ0v) is 10.1. The van der Waals surface area contributed by atoms with Crippen LogP contribution in [0.5, 0.6) is 0 Å². The largest absolute Gasteiger partial charge is 0.465 e. The zero-order chi connectivity index (χ0) is 12.8. The SMILES string of the molecule is COC(=O)c1ccc(CNCc2cn[nH]c2)cc1. The van der Waals surface area contributed by atoms with Crippen molar-refractivity contribution in [2.24, 2.45) is 0 Å². The molecule has 0 aliphatic rings. The average molecular weight is 245 g/mol. The van der Waals surface area contributed by atoms with Crippen LogP contribution in [0.1, 0.15) is 21.5 Å². The molecule has 0 saturated carbocycles. The molecule has 0 bridgehead atoms. The number of nitrogens with one attached hydrogen (secondary N) is 2. The van der Waals surface area contributed by atoms with E-state index in [9.17, 15) is 4.79 Å². The average Bonchev–Trinajstić information content (AvgIpc) is 2.92. The second-order valence-corrected chi connectivity index (χ2v) is 3.90. The summed E-state index contributed by atoms with van der Waals surface area (Å²) in [6, 6.07) is 7.35. The second kappa shape index (κ2) is 5.97. The summed E-state index contributed by atoms with van der Waals surface area (Å²) in [4.78, 5) is 11.2. The summed E-state index contributed by atoms with van der Waals surface area (Å²) >= 11 is 0. The maximum absolute atomic E-state index is 11.2. The van der Waals surface area contributed by atoms with E-state index in [1.165, 1.54) is 7.11 Å². The lowest BCUT2D eigenvalue weighted by molar-refractivity contribution is 0.0600. The van der Waals surface area contributed by atoms with Gasteiger partial charge in [0.1, 0.15) is 0 Å². The fourth-order valence-corrected chi connectivity index (χ4v) is 1.60. The third kappa shape index (κ3) is 3.18. The van der Waals surface area contributed by atoms with Crippen LogP contribution < -0.4 is 5.32 Å². The smallest absolute Gasteiger partial charge is 0.337 e. The summed E-state index contributed by atoms with van der Waals surface area (Å²) in [5, 5.41) is 9.93. The Labute approximate surface area is 105 Å². The molecular weight excluding hydrogens is 230 g/mol. The predicted molar refractivity (Wildman–Crippen MR) is 66.9 cm³/mol. The first-order valence-electron chi connectivity index (χ1n) is 5.65. The number of carbonyl (C=O) groups is 1. The van der Waals surface area contributed by atoms with Crippen LogP contribution in [0, 0.1) is 0 Å². The molecule has 0 aliphatic heterocycles. The summed E-state index contributed by atoms with van der Waals surface area (Å²) in [5.74, 6) is -0.312. The van der Waals surface area contributed by atoms with Crippen molar-refractivity contribution in [1.82, 2.24) is 15.5 Å². The minimum absolute atomic E-state index is 0.312. The number of hydrogen-bond acceptors (Lipinski definition) is 4. The van der Waals surface area contributed by atoms with Gasteiger partial charge in [0.2, 0.25) is 0 Å². The topological polar surface area (TPSA) is 67.0 Å². The fourth-order valence-electron chi connectivity index (χ4n) is 1.60. The maximum Gasteiger partial charge on any atom is 0.337 e. The van der Waals surface area contributed by atoms with Crippen molar-refractivity contribution in [3.05, 3.63) is 53.3 Å². The number of rotatable bonds is 5. The van der Waals surface area contributed by atoms with Crippen LogP contribution >= 0.6 is 0 Å². The van der Waals surface area contributed by atoms with Crippen molar-refractivity contribution in [2.75, 3.05) is 7.11 Å². The van der Waals surface area contributed by atoms with E-state index in [1.54, 1.807) is 18.3 Å². The molecule has 0 aliphatic carbocycles. The molecule has 18 heavy (non-hydrogen) atoms. The van der Waals surface area contributed by atoms with Crippen LogP contribution in [-0.2, 0) is 17.8 Å². The number of benzene rings is 1. The quantitative estimate of drug-likeness (QED) is 0.783. The first-order chi connectivity index (χ1) is 8.79. The molecule has 1 aromatic carbocycles. The molecule has 0 radical (unpaired) electrons. The van der Waals surface area contributed by atoms with Gasteiger partial charge in [-0.1, -0.05) is 12.1 Å². The van der Waals surface area contributed by atoms with Gasteiger partial charge in [-0.05, 0) is 17.7 Å². The molecule has 2 aromatic rings. The van der Waals surface area contributed by atoms with Crippen molar-refractivity contribution in [1.29, 1.82) is 0 Å². The van der Waals surface area contributed by atoms with E-state index in [0.29, 0.717) is 5.56 Å². The highest BCUT2D eigenvalue weighted by Gasteiger charge is 2.03. The van der Waals surface area contributed by atoms with Crippen LogP contribution in [0.2, 0.25) is 0 Å². The number of H-pyrrole nitrogens is 1. The van der Waals surface area contributed by atoms with Crippen molar-refractivity contribution in [3.8, 4) is 0 Å². The van der Waals surface area contributed by atoms with E-state index in [0.717, 1.165) is 24.2 Å². The number of methoxy groups -OCH3 is 1. The van der Waals surface area contributed by atoms with E-state index in [2.05, 4.69) is 20.3 Å². The molecule has 0 fully saturated rings. The van der Waals surface area contributed by atoms with Gasteiger partial charge in [0.05, 0.1) is 18.9 Å². The molecule has 5 nitrogen and oxygen atoms in total. The molecule has 0 unspecified atom stereocenters. The van der Waals surface area contributed by atoms with Crippen molar-refractivity contribution >= 4 is 5.97 Å². The van der Waals surface area contributed by atoms with Gasteiger partial charge >= 0.3 is 5.97 Å². The third-order valence-corrected chi connectivity index (χ3v) is 2.59. The molecule has 1 heterocycles. The molecule has 0 amide bonds. The van der Waals surface area contributed by atoms with Crippen molar-refractivity contribution < 1.29 is 9.53 Å². The molecule has 2 N–H and O–H groups in total. The van der Waals surface area contributed by atoms with E-state index in [1.807, 2.05) is 18.3 Å². The van der Waals surface area contributed by atoms with E-state index >= 15 is 0 Å². The number of aromatic amines is 1. The highest BCUT2D eigenvalue weighted by atomic mass is 16.5. The molecule has 1 aromatic heterocycles. The molecule has 2 rings (SSSR count). The molecule has 0 spiro atoms.